The number of aryl methyl sites for hydroxylation is 1. The van der Waals surface area contributed by atoms with Gasteiger partial charge in [0.05, 0.1) is 6.04 Å². The van der Waals surface area contributed by atoms with E-state index < -0.39 is 0 Å². The van der Waals surface area contributed by atoms with Gasteiger partial charge in [-0.3, -0.25) is 4.99 Å². The van der Waals surface area contributed by atoms with Gasteiger partial charge in [-0.05, 0) is 63.4 Å². The highest BCUT2D eigenvalue weighted by atomic mass is 127. The summed E-state index contributed by atoms with van der Waals surface area (Å²) in [4.78, 5) is 6.66. The summed E-state index contributed by atoms with van der Waals surface area (Å²) in [5, 5.41) is 6.74. The zero-order valence-electron chi connectivity index (χ0n) is 15.1. The monoisotopic (exact) mass is 448 g/mol. The number of nitrogens with zero attached hydrogens (tertiary/aromatic N) is 2. The third-order valence-electron chi connectivity index (χ3n) is 4.55. The lowest BCUT2D eigenvalue weighted by Gasteiger charge is -2.30. The summed E-state index contributed by atoms with van der Waals surface area (Å²) < 4.78 is 13.7. The van der Waals surface area contributed by atoms with Crippen LogP contribution in [-0.4, -0.2) is 44.6 Å². The van der Waals surface area contributed by atoms with Gasteiger partial charge in [-0.25, -0.2) is 4.39 Å². The molecule has 0 saturated carbocycles. The summed E-state index contributed by atoms with van der Waals surface area (Å²) in [6.45, 7) is 7.03. The van der Waals surface area contributed by atoms with Crippen LogP contribution in [0.15, 0.2) is 23.2 Å². The summed E-state index contributed by atoms with van der Waals surface area (Å²) in [6, 6.07) is 5.37. The number of rotatable bonds is 4. The molecule has 2 N–H and O–H groups in total. The van der Waals surface area contributed by atoms with Crippen LogP contribution in [0.3, 0.4) is 0 Å². The Kier molecular flexibility index (Phi) is 8.97. The van der Waals surface area contributed by atoms with Crippen LogP contribution in [0.4, 0.5) is 4.39 Å². The zero-order valence-corrected chi connectivity index (χ0v) is 17.4. The Labute approximate surface area is 162 Å². The molecule has 0 bridgehead atoms. The van der Waals surface area contributed by atoms with Crippen molar-refractivity contribution in [2.24, 2.45) is 10.9 Å². The molecule has 0 radical (unpaired) electrons. The summed E-state index contributed by atoms with van der Waals surface area (Å²) in [5.41, 5.74) is 1.60. The molecule has 1 aliphatic heterocycles. The van der Waals surface area contributed by atoms with Crippen LogP contribution < -0.4 is 10.6 Å². The van der Waals surface area contributed by atoms with Gasteiger partial charge in [0.15, 0.2) is 5.96 Å². The fourth-order valence-electron chi connectivity index (χ4n) is 3.04. The predicted octanol–water partition coefficient (Wildman–Crippen LogP) is 3.32. The van der Waals surface area contributed by atoms with Crippen LogP contribution in [0.1, 0.15) is 36.9 Å². The normalized spacial score (nSPS) is 20.2. The molecule has 2 rings (SSSR count). The third kappa shape index (κ3) is 6.20. The van der Waals surface area contributed by atoms with E-state index in [2.05, 4.69) is 27.6 Å². The maximum absolute atomic E-state index is 13.7. The second-order valence-electron chi connectivity index (χ2n) is 6.60. The largest absolute Gasteiger partial charge is 0.356 e. The molecule has 4 nitrogen and oxygen atoms in total. The molecule has 1 saturated heterocycles. The van der Waals surface area contributed by atoms with Gasteiger partial charge in [-0.2, -0.15) is 0 Å². The first-order chi connectivity index (χ1) is 11.0. The minimum absolute atomic E-state index is 0. The van der Waals surface area contributed by atoms with Crippen LogP contribution in [-0.2, 0) is 0 Å². The van der Waals surface area contributed by atoms with Gasteiger partial charge >= 0.3 is 0 Å². The molecule has 1 heterocycles. The Balaban J connectivity index is 0.00000288. The number of guanidine groups is 1. The number of hydrogen-bond acceptors (Lipinski definition) is 2. The van der Waals surface area contributed by atoms with E-state index in [9.17, 15) is 4.39 Å². The first-order valence-corrected chi connectivity index (χ1v) is 8.41. The lowest BCUT2D eigenvalue weighted by Crippen LogP contribution is -2.44. The van der Waals surface area contributed by atoms with Gasteiger partial charge in [0.1, 0.15) is 5.82 Å². The molecule has 136 valence electrons. The highest BCUT2D eigenvalue weighted by Gasteiger charge is 2.17. The molecule has 1 aromatic carbocycles. The second-order valence-corrected chi connectivity index (χ2v) is 6.60. The first kappa shape index (κ1) is 21.2. The minimum atomic E-state index is -0.163. The van der Waals surface area contributed by atoms with Crippen molar-refractivity contribution in [3.63, 3.8) is 0 Å². The molecule has 0 amide bonds. The number of benzene rings is 1. The molecule has 24 heavy (non-hydrogen) atoms. The fourth-order valence-corrected chi connectivity index (χ4v) is 3.04. The van der Waals surface area contributed by atoms with E-state index in [-0.39, 0.29) is 35.8 Å². The van der Waals surface area contributed by atoms with E-state index >= 15 is 0 Å². The highest BCUT2D eigenvalue weighted by molar-refractivity contribution is 14.0. The van der Waals surface area contributed by atoms with Gasteiger partial charge in [0.25, 0.3) is 0 Å². The maximum Gasteiger partial charge on any atom is 0.191 e. The van der Waals surface area contributed by atoms with Crippen LogP contribution in [0.25, 0.3) is 0 Å². The quantitative estimate of drug-likeness (QED) is 0.422. The van der Waals surface area contributed by atoms with Gasteiger partial charge in [0, 0.05) is 20.1 Å². The Morgan fingerprint density at radius 3 is 2.83 bits per heavy atom. The molecular weight excluding hydrogens is 418 g/mol. The number of aliphatic imine (C=N–C) groups is 1. The van der Waals surface area contributed by atoms with Crippen molar-refractivity contribution in [2.45, 2.75) is 32.7 Å². The number of likely N-dealkylation sites (tertiary alicyclic amines) is 1. The second kappa shape index (κ2) is 10.2. The lowest BCUT2D eigenvalue weighted by molar-refractivity contribution is 0.210. The van der Waals surface area contributed by atoms with Crippen LogP contribution in [0, 0.1) is 18.7 Å². The molecule has 0 spiro atoms. The van der Waals surface area contributed by atoms with Crippen molar-refractivity contribution in [2.75, 3.05) is 33.7 Å². The Hall–Kier alpha value is -0.890. The number of hydrogen-bond donors (Lipinski definition) is 2. The molecule has 1 fully saturated rings. The third-order valence-corrected chi connectivity index (χ3v) is 4.55. The Morgan fingerprint density at radius 1 is 1.46 bits per heavy atom. The van der Waals surface area contributed by atoms with E-state index in [1.165, 1.54) is 19.4 Å². The van der Waals surface area contributed by atoms with E-state index in [0.717, 1.165) is 24.6 Å². The van der Waals surface area contributed by atoms with Gasteiger partial charge < -0.3 is 15.5 Å². The van der Waals surface area contributed by atoms with E-state index in [4.69, 9.17) is 0 Å². The highest BCUT2D eigenvalue weighted by Crippen LogP contribution is 2.16. The number of halogens is 2. The van der Waals surface area contributed by atoms with E-state index in [1.54, 1.807) is 20.0 Å². The fraction of sp³-hybridized carbons (Fsp3) is 0.611. The van der Waals surface area contributed by atoms with Crippen LogP contribution >= 0.6 is 24.0 Å². The lowest BCUT2D eigenvalue weighted by atomic mass is 9.98. The Bertz CT molecular complexity index is 550. The van der Waals surface area contributed by atoms with Gasteiger partial charge in [-0.1, -0.05) is 12.1 Å². The molecule has 2 atom stereocenters. The van der Waals surface area contributed by atoms with Gasteiger partial charge in [0.2, 0.25) is 0 Å². The molecule has 2 unspecified atom stereocenters. The standard InChI is InChI=1S/C18H29FN4.HI/c1-13-7-8-16(10-17(13)19)14(2)22-18(20-3)21-11-15-6-5-9-23(4)12-15;/h7-8,10,14-15H,5-6,9,11-12H2,1-4H3,(H2,20,21,22);1H. The molecule has 1 aromatic rings. The zero-order chi connectivity index (χ0) is 16.8. The van der Waals surface area contributed by atoms with E-state index in [1.807, 2.05) is 19.1 Å². The molecule has 1 aliphatic rings. The molecule has 0 aliphatic carbocycles. The average Bonchev–Trinajstić information content (AvgIpc) is 2.53. The van der Waals surface area contributed by atoms with Crippen molar-refractivity contribution in [1.29, 1.82) is 0 Å². The van der Waals surface area contributed by atoms with Crippen molar-refractivity contribution in [1.82, 2.24) is 15.5 Å². The topological polar surface area (TPSA) is 39.7 Å². The predicted molar refractivity (Wildman–Crippen MR) is 110 cm³/mol. The van der Waals surface area contributed by atoms with Crippen LogP contribution in [0.2, 0.25) is 0 Å². The van der Waals surface area contributed by atoms with Crippen molar-refractivity contribution < 1.29 is 4.39 Å². The first-order valence-electron chi connectivity index (χ1n) is 8.41. The van der Waals surface area contributed by atoms with Crippen molar-refractivity contribution >= 4 is 29.9 Å². The minimum Gasteiger partial charge on any atom is -0.356 e. The maximum atomic E-state index is 13.7. The summed E-state index contributed by atoms with van der Waals surface area (Å²) >= 11 is 0. The molecule has 6 heteroatoms. The number of piperidine rings is 1. The smallest absolute Gasteiger partial charge is 0.191 e. The van der Waals surface area contributed by atoms with E-state index in [0.29, 0.717) is 11.5 Å². The van der Waals surface area contributed by atoms with Gasteiger partial charge in [-0.15, -0.1) is 24.0 Å². The van der Waals surface area contributed by atoms with Crippen molar-refractivity contribution in [3.8, 4) is 0 Å². The molecular formula is C18H30FIN4. The Morgan fingerprint density at radius 2 is 2.21 bits per heavy atom. The summed E-state index contributed by atoms with van der Waals surface area (Å²) in [7, 11) is 3.94. The summed E-state index contributed by atoms with van der Waals surface area (Å²) in [6.07, 6.45) is 2.51. The van der Waals surface area contributed by atoms with Crippen molar-refractivity contribution in [3.05, 3.63) is 35.1 Å². The average molecular weight is 448 g/mol. The molecule has 0 aromatic heterocycles. The number of nitrogens with one attached hydrogen (secondary N) is 2. The SMILES string of the molecule is CN=C(NCC1CCCN(C)C1)NC(C)c1ccc(C)c(F)c1.I. The summed E-state index contributed by atoms with van der Waals surface area (Å²) in [5.74, 6) is 1.26. The van der Waals surface area contributed by atoms with Crippen LogP contribution in [0.5, 0.6) is 0 Å².